The van der Waals surface area contributed by atoms with Crippen LogP contribution in [0.15, 0.2) is 41.5 Å². The van der Waals surface area contributed by atoms with Crippen molar-refractivity contribution in [1.82, 2.24) is 15.6 Å². The standard InChI is InChI=1S/C25H34FN5O/c1-18(21-8-9-23(22(26)15-21)32-17-19-6-7-19)30-25(27-2)29-16-20-10-11-28-24(14-20)31-12-4-3-5-13-31/h8-11,14-15,18-19H,3-7,12-13,16-17H2,1-2H3,(H2,27,29,30). The fourth-order valence-corrected chi connectivity index (χ4v) is 3.93. The summed E-state index contributed by atoms with van der Waals surface area (Å²) in [4.78, 5) is 11.2. The van der Waals surface area contributed by atoms with E-state index in [1.807, 2.05) is 25.3 Å². The van der Waals surface area contributed by atoms with Gasteiger partial charge in [-0.3, -0.25) is 4.99 Å². The molecule has 2 N–H and O–H groups in total. The lowest BCUT2D eigenvalue weighted by molar-refractivity contribution is 0.285. The molecular formula is C25H34FN5O. The highest BCUT2D eigenvalue weighted by Gasteiger charge is 2.22. The average Bonchev–Trinajstić information content (AvgIpc) is 3.66. The third kappa shape index (κ3) is 6.11. The van der Waals surface area contributed by atoms with E-state index in [0.29, 0.717) is 30.8 Å². The number of benzene rings is 1. The molecule has 1 aliphatic carbocycles. The Morgan fingerprint density at radius 1 is 1.22 bits per heavy atom. The number of piperidine rings is 1. The van der Waals surface area contributed by atoms with E-state index in [4.69, 9.17) is 4.74 Å². The Morgan fingerprint density at radius 2 is 2.03 bits per heavy atom. The van der Waals surface area contributed by atoms with Crippen LogP contribution in [0.3, 0.4) is 0 Å². The van der Waals surface area contributed by atoms with E-state index in [1.165, 1.54) is 32.1 Å². The number of anilines is 1. The second-order valence-electron chi connectivity index (χ2n) is 8.81. The first kappa shape index (κ1) is 22.4. The number of rotatable bonds is 8. The van der Waals surface area contributed by atoms with Crippen LogP contribution in [-0.2, 0) is 6.54 Å². The van der Waals surface area contributed by atoms with E-state index in [0.717, 1.165) is 30.0 Å². The normalized spacial score (nSPS) is 17.7. The minimum Gasteiger partial charge on any atom is -0.490 e. The van der Waals surface area contributed by atoms with Crippen LogP contribution in [0, 0.1) is 11.7 Å². The molecule has 0 spiro atoms. The van der Waals surface area contributed by atoms with Crippen LogP contribution in [0.4, 0.5) is 10.2 Å². The molecule has 6 nitrogen and oxygen atoms in total. The summed E-state index contributed by atoms with van der Waals surface area (Å²) in [5.74, 6) is 2.32. The topological polar surface area (TPSA) is 61.8 Å². The summed E-state index contributed by atoms with van der Waals surface area (Å²) in [6.45, 7) is 5.39. The first-order chi connectivity index (χ1) is 15.6. The van der Waals surface area contributed by atoms with Gasteiger partial charge in [0, 0.05) is 32.9 Å². The van der Waals surface area contributed by atoms with E-state index in [9.17, 15) is 4.39 Å². The van der Waals surface area contributed by atoms with Gasteiger partial charge in [0.15, 0.2) is 17.5 Å². The summed E-state index contributed by atoms with van der Waals surface area (Å²) in [6.07, 6.45) is 8.00. The van der Waals surface area contributed by atoms with Gasteiger partial charge in [-0.2, -0.15) is 0 Å². The molecule has 2 heterocycles. The van der Waals surface area contributed by atoms with Gasteiger partial charge < -0.3 is 20.3 Å². The predicted octanol–water partition coefficient (Wildman–Crippen LogP) is 4.43. The van der Waals surface area contributed by atoms with E-state index in [-0.39, 0.29) is 11.9 Å². The monoisotopic (exact) mass is 439 g/mol. The molecule has 1 aliphatic heterocycles. The van der Waals surface area contributed by atoms with Gasteiger partial charge in [0.1, 0.15) is 5.82 Å². The van der Waals surface area contributed by atoms with Crippen LogP contribution in [0.5, 0.6) is 5.75 Å². The second-order valence-corrected chi connectivity index (χ2v) is 8.81. The molecule has 1 aromatic carbocycles. The van der Waals surface area contributed by atoms with Gasteiger partial charge in [-0.1, -0.05) is 6.07 Å². The Hall–Kier alpha value is -2.83. The van der Waals surface area contributed by atoms with Crippen molar-refractivity contribution in [3.8, 4) is 5.75 Å². The molecule has 2 aromatic rings. The number of nitrogens with zero attached hydrogens (tertiary/aromatic N) is 3. The van der Waals surface area contributed by atoms with E-state index in [2.05, 4.69) is 31.6 Å². The molecule has 1 saturated carbocycles. The molecule has 4 rings (SSSR count). The lowest BCUT2D eigenvalue weighted by Crippen LogP contribution is -2.38. The van der Waals surface area contributed by atoms with Crippen molar-refractivity contribution in [2.24, 2.45) is 10.9 Å². The largest absolute Gasteiger partial charge is 0.490 e. The third-order valence-corrected chi connectivity index (χ3v) is 6.15. The molecule has 172 valence electrons. The van der Waals surface area contributed by atoms with Crippen molar-refractivity contribution < 1.29 is 9.13 Å². The van der Waals surface area contributed by atoms with Gasteiger partial charge >= 0.3 is 0 Å². The summed E-state index contributed by atoms with van der Waals surface area (Å²) in [5, 5.41) is 6.70. The van der Waals surface area contributed by atoms with Gasteiger partial charge in [0.2, 0.25) is 0 Å². The SMILES string of the molecule is CN=C(NCc1ccnc(N2CCCCC2)c1)NC(C)c1ccc(OCC2CC2)c(F)c1. The summed E-state index contributed by atoms with van der Waals surface area (Å²) in [6, 6.07) is 9.23. The fraction of sp³-hybridized carbons (Fsp3) is 0.520. The molecule has 0 bridgehead atoms. The number of hydrogen-bond acceptors (Lipinski definition) is 4. The highest BCUT2D eigenvalue weighted by Crippen LogP contribution is 2.30. The number of aromatic nitrogens is 1. The van der Waals surface area contributed by atoms with Crippen molar-refractivity contribution in [3.63, 3.8) is 0 Å². The Morgan fingerprint density at radius 3 is 2.75 bits per heavy atom. The van der Waals surface area contributed by atoms with Gasteiger partial charge in [-0.25, -0.2) is 9.37 Å². The van der Waals surface area contributed by atoms with E-state index >= 15 is 0 Å². The van der Waals surface area contributed by atoms with Crippen molar-refractivity contribution in [2.75, 3.05) is 31.6 Å². The van der Waals surface area contributed by atoms with Crippen molar-refractivity contribution in [3.05, 3.63) is 53.5 Å². The number of guanidine groups is 1. The second kappa shape index (κ2) is 10.7. The Bertz CT molecular complexity index is 924. The molecule has 0 radical (unpaired) electrons. The summed E-state index contributed by atoms with van der Waals surface area (Å²) >= 11 is 0. The van der Waals surface area contributed by atoms with E-state index in [1.54, 1.807) is 19.2 Å². The van der Waals surface area contributed by atoms with Crippen molar-refractivity contribution >= 4 is 11.8 Å². The zero-order valence-corrected chi connectivity index (χ0v) is 19.1. The Balaban J connectivity index is 1.31. The zero-order valence-electron chi connectivity index (χ0n) is 19.1. The minimum atomic E-state index is -0.318. The fourth-order valence-electron chi connectivity index (χ4n) is 3.93. The van der Waals surface area contributed by atoms with Crippen LogP contribution >= 0.6 is 0 Å². The number of halogens is 1. The molecule has 1 saturated heterocycles. The van der Waals surface area contributed by atoms with Crippen molar-refractivity contribution in [1.29, 1.82) is 0 Å². The van der Waals surface area contributed by atoms with Crippen LogP contribution in [0.1, 0.15) is 56.2 Å². The number of nitrogens with one attached hydrogen (secondary N) is 2. The third-order valence-electron chi connectivity index (χ3n) is 6.15. The number of hydrogen-bond donors (Lipinski definition) is 2. The number of ether oxygens (including phenoxy) is 1. The summed E-state index contributed by atoms with van der Waals surface area (Å²) in [7, 11) is 1.74. The maximum atomic E-state index is 14.5. The maximum Gasteiger partial charge on any atom is 0.191 e. The van der Waals surface area contributed by atoms with Gasteiger partial charge in [0.05, 0.1) is 12.6 Å². The lowest BCUT2D eigenvalue weighted by atomic mass is 10.1. The highest BCUT2D eigenvalue weighted by atomic mass is 19.1. The van der Waals surface area contributed by atoms with Crippen molar-refractivity contribution in [2.45, 2.75) is 51.6 Å². The zero-order chi connectivity index (χ0) is 22.3. The Kier molecular flexibility index (Phi) is 7.45. The van der Waals surface area contributed by atoms with Gasteiger partial charge in [-0.05, 0) is 80.3 Å². The minimum absolute atomic E-state index is 0.102. The van der Waals surface area contributed by atoms with E-state index < -0.39 is 0 Å². The highest BCUT2D eigenvalue weighted by molar-refractivity contribution is 5.80. The predicted molar refractivity (Wildman–Crippen MR) is 127 cm³/mol. The molecule has 1 unspecified atom stereocenters. The lowest BCUT2D eigenvalue weighted by Gasteiger charge is -2.28. The smallest absolute Gasteiger partial charge is 0.191 e. The molecule has 1 aromatic heterocycles. The van der Waals surface area contributed by atoms with Crippen LogP contribution in [0.2, 0.25) is 0 Å². The first-order valence-electron chi connectivity index (χ1n) is 11.7. The Labute approximate surface area is 190 Å². The van der Waals surface area contributed by atoms with Gasteiger partial charge in [-0.15, -0.1) is 0 Å². The molecule has 32 heavy (non-hydrogen) atoms. The average molecular weight is 440 g/mol. The quantitative estimate of drug-likeness (QED) is 0.471. The summed E-state index contributed by atoms with van der Waals surface area (Å²) in [5.41, 5.74) is 2.00. The maximum absolute atomic E-state index is 14.5. The molecule has 2 fully saturated rings. The molecule has 2 aliphatic rings. The number of pyridine rings is 1. The van der Waals surface area contributed by atoms with Crippen LogP contribution in [-0.4, -0.2) is 37.7 Å². The molecular weight excluding hydrogens is 405 g/mol. The van der Waals surface area contributed by atoms with Crippen LogP contribution in [0.25, 0.3) is 0 Å². The summed E-state index contributed by atoms with van der Waals surface area (Å²) < 4.78 is 20.1. The molecule has 0 amide bonds. The van der Waals surface area contributed by atoms with Gasteiger partial charge in [0.25, 0.3) is 0 Å². The number of aliphatic imine (C=N–C) groups is 1. The molecule has 7 heteroatoms. The first-order valence-corrected chi connectivity index (χ1v) is 11.7. The van der Waals surface area contributed by atoms with Crippen LogP contribution < -0.4 is 20.3 Å². The molecule has 1 atom stereocenters.